The van der Waals surface area contributed by atoms with Crippen molar-refractivity contribution >= 4 is 11.9 Å². The lowest BCUT2D eigenvalue weighted by molar-refractivity contribution is -0.139. The topological polar surface area (TPSA) is 110 Å². The number of ether oxygens (including phenoxy) is 1. The van der Waals surface area contributed by atoms with Gasteiger partial charge in [-0.1, -0.05) is 0 Å². The first-order valence-electron chi connectivity index (χ1n) is 4.47. The fourth-order valence-corrected chi connectivity index (χ4v) is 1.26. The molecule has 1 aromatic heterocycles. The Labute approximate surface area is 90.6 Å². The Morgan fingerprint density at radius 2 is 2.00 bits per heavy atom. The Morgan fingerprint density at radius 1 is 1.44 bits per heavy atom. The van der Waals surface area contributed by atoms with Crippen LogP contribution in [-0.4, -0.2) is 34.4 Å². The van der Waals surface area contributed by atoms with E-state index in [2.05, 4.69) is 5.16 Å². The van der Waals surface area contributed by atoms with Crippen molar-refractivity contribution in [2.24, 2.45) is 0 Å². The molecule has 2 N–H and O–H groups in total. The Bertz CT molecular complexity index is 369. The predicted octanol–water partition coefficient (Wildman–Crippen LogP) is 0.716. The maximum Gasteiger partial charge on any atom is 0.304 e. The summed E-state index contributed by atoms with van der Waals surface area (Å²) in [5, 5.41) is 20.8. The van der Waals surface area contributed by atoms with Gasteiger partial charge in [-0.05, 0) is 5.16 Å². The van der Waals surface area contributed by atoms with Crippen LogP contribution in [0.15, 0.2) is 10.6 Å². The Hall–Kier alpha value is -2.05. The summed E-state index contributed by atoms with van der Waals surface area (Å²) < 4.78 is 9.57. The van der Waals surface area contributed by atoms with Gasteiger partial charge in [-0.15, -0.1) is 0 Å². The molecule has 0 fully saturated rings. The number of aromatic nitrogens is 1. The highest BCUT2D eigenvalue weighted by atomic mass is 16.5. The van der Waals surface area contributed by atoms with Crippen LogP contribution < -0.4 is 4.74 Å². The molecule has 0 aliphatic heterocycles. The number of hydrogen-bond acceptors (Lipinski definition) is 5. The van der Waals surface area contributed by atoms with E-state index in [4.69, 9.17) is 19.5 Å². The van der Waals surface area contributed by atoms with Gasteiger partial charge in [-0.25, -0.2) is 0 Å². The molecule has 1 heterocycles. The maximum absolute atomic E-state index is 10.6. The second-order valence-corrected chi connectivity index (χ2v) is 3.16. The monoisotopic (exact) mass is 229 g/mol. The quantitative estimate of drug-likeness (QED) is 0.739. The molecule has 0 aliphatic rings. The minimum atomic E-state index is -1.10. The van der Waals surface area contributed by atoms with Crippen molar-refractivity contribution in [1.29, 1.82) is 0 Å². The zero-order valence-electron chi connectivity index (χ0n) is 8.54. The van der Waals surface area contributed by atoms with E-state index in [1.54, 1.807) is 0 Å². The molecule has 0 bridgehead atoms. The first kappa shape index (κ1) is 12.0. The van der Waals surface area contributed by atoms with Crippen LogP contribution in [0.1, 0.15) is 24.5 Å². The average Bonchev–Trinajstić information content (AvgIpc) is 2.63. The largest absolute Gasteiger partial charge is 0.481 e. The first-order valence-corrected chi connectivity index (χ1v) is 4.47. The van der Waals surface area contributed by atoms with E-state index in [-0.39, 0.29) is 24.5 Å². The van der Waals surface area contributed by atoms with E-state index in [0.717, 1.165) is 0 Å². The van der Waals surface area contributed by atoms with Crippen LogP contribution in [0, 0.1) is 0 Å². The average molecular weight is 229 g/mol. The van der Waals surface area contributed by atoms with Crippen LogP contribution in [0.3, 0.4) is 0 Å². The van der Waals surface area contributed by atoms with E-state index >= 15 is 0 Å². The van der Waals surface area contributed by atoms with Gasteiger partial charge in [-0.3, -0.25) is 9.59 Å². The Balaban J connectivity index is 2.82. The second kappa shape index (κ2) is 5.15. The number of aliphatic carboxylic acids is 2. The molecular weight excluding hydrogens is 218 g/mol. The highest BCUT2D eigenvalue weighted by molar-refractivity contribution is 5.72. The zero-order chi connectivity index (χ0) is 12.1. The van der Waals surface area contributed by atoms with E-state index in [1.165, 1.54) is 13.2 Å². The summed E-state index contributed by atoms with van der Waals surface area (Å²) in [6.07, 6.45) is -0.657. The van der Waals surface area contributed by atoms with Crippen LogP contribution >= 0.6 is 0 Å². The second-order valence-electron chi connectivity index (χ2n) is 3.16. The van der Waals surface area contributed by atoms with E-state index in [0.29, 0.717) is 0 Å². The Kier molecular flexibility index (Phi) is 3.87. The summed E-state index contributed by atoms with van der Waals surface area (Å²) in [5.74, 6) is -2.55. The van der Waals surface area contributed by atoms with Gasteiger partial charge >= 0.3 is 11.9 Å². The van der Waals surface area contributed by atoms with Crippen LogP contribution in [0.2, 0.25) is 0 Å². The molecule has 0 aliphatic carbocycles. The number of carboxylic acids is 2. The van der Waals surface area contributed by atoms with Gasteiger partial charge in [0.25, 0.3) is 5.88 Å². The molecule has 0 unspecified atom stereocenters. The third-order valence-electron chi connectivity index (χ3n) is 1.96. The molecule has 88 valence electrons. The normalized spacial score (nSPS) is 10.4. The zero-order valence-corrected chi connectivity index (χ0v) is 8.54. The van der Waals surface area contributed by atoms with Crippen molar-refractivity contribution < 1.29 is 29.1 Å². The van der Waals surface area contributed by atoms with Gasteiger partial charge in [0.1, 0.15) is 5.76 Å². The summed E-state index contributed by atoms with van der Waals surface area (Å²) >= 11 is 0. The van der Waals surface area contributed by atoms with Gasteiger partial charge in [-0.2, -0.15) is 0 Å². The molecule has 0 aromatic carbocycles. The summed E-state index contributed by atoms with van der Waals surface area (Å²) in [6, 6.07) is 1.39. The predicted molar refractivity (Wildman–Crippen MR) is 50.3 cm³/mol. The van der Waals surface area contributed by atoms with Crippen LogP contribution in [0.25, 0.3) is 0 Å². The number of rotatable bonds is 6. The van der Waals surface area contributed by atoms with Crippen LogP contribution in [0.4, 0.5) is 0 Å². The number of carboxylic acid groups (broad SMARTS) is 2. The fourth-order valence-electron chi connectivity index (χ4n) is 1.26. The molecule has 0 amide bonds. The highest BCUT2D eigenvalue weighted by Crippen LogP contribution is 2.26. The number of nitrogens with zero attached hydrogens (tertiary/aromatic N) is 1. The molecule has 16 heavy (non-hydrogen) atoms. The van der Waals surface area contributed by atoms with Crippen molar-refractivity contribution in [2.45, 2.75) is 18.8 Å². The molecule has 7 heteroatoms. The lowest BCUT2D eigenvalue weighted by Crippen LogP contribution is -2.10. The van der Waals surface area contributed by atoms with E-state index in [9.17, 15) is 9.59 Å². The molecular formula is C9H11NO6. The van der Waals surface area contributed by atoms with Crippen molar-refractivity contribution in [2.75, 3.05) is 7.11 Å². The van der Waals surface area contributed by atoms with Gasteiger partial charge in [0, 0.05) is 12.0 Å². The molecule has 0 atom stereocenters. The molecule has 1 rings (SSSR count). The van der Waals surface area contributed by atoms with Crippen molar-refractivity contribution in [3.05, 3.63) is 11.8 Å². The third-order valence-corrected chi connectivity index (χ3v) is 1.96. The standard InChI is InChI=1S/C9H11NO6/c1-15-7-4-6(16-10-7)5(2-8(11)12)3-9(13)14/h4-5H,2-3H2,1H3,(H,11,12)(H,13,14). The van der Waals surface area contributed by atoms with Gasteiger partial charge < -0.3 is 19.5 Å². The minimum Gasteiger partial charge on any atom is -0.481 e. The van der Waals surface area contributed by atoms with Crippen LogP contribution in [0.5, 0.6) is 5.88 Å². The van der Waals surface area contributed by atoms with Gasteiger partial charge in [0.2, 0.25) is 0 Å². The molecule has 0 radical (unpaired) electrons. The highest BCUT2D eigenvalue weighted by Gasteiger charge is 2.23. The third kappa shape index (κ3) is 3.26. The summed E-state index contributed by atoms with van der Waals surface area (Å²) in [4.78, 5) is 21.1. The molecule has 0 saturated carbocycles. The number of methoxy groups -OCH3 is 1. The molecule has 0 spiro atoms. The van der Waals surface area contributed by atoms with Gasteiger partial charge in [0.05, 0.1) is 20.0 Å². The minimum absolute atomic E-state index is 0.191. The number of carbonyl (C=O) groups is 2. The SMILES string of the molecule is COc1cc(C(CC(=O)O)CC(=O)O)on1. The lowest BCUT2D eigenvalue weighted by atomic mass is 9.99. The summed E-state index contributed by atoms with van der Waals surface area (Å²) in [6.45, 7) is 0. The van der Waals surface area contributed by atoms with Crippen molar-refractivity contribution in [1.82, 2.24) is 5.16 Å². The van der Waals surface area contributed by atoms with Gasteiger partial charge in [0.15, 0.2) is 0 Å². The fraction of sp³-hybridized carbons (Fsp3) is 0.444. The van der Waals surface area contributed by atoms with Crippen LogP contribution in [-0.2, 0) is 9.59 Å². The summed E-state index contributed by atoms with van der Waals surface area (Å²) in [5.41, 5.74) is 0. The summed E-state index contributed by atoms with van der Waals surface area (Å²) in [7, 11) is 1.38. The van der Waals surface area contributed by atoms with Crippen molar-refractivity contribution in [3.63, 3.8) is 0 Å². The smallest absolute Gasteiger partial charge is 0.304 e. The maximum atomic E-state index is 10.6. The molecule has 1 aromatic rings. The Morgan fingerprint density at radius 3 is 2.38 bits per heavy atom. The number of hydrogen-bond donors (Lipinski definition) is 2. The van der Waals surface area contributed by atoms with Crippen molar-refractivity contribution in [3.8, 4) is 5.88 Å². The van der Waals surface area contributed by atoms with E-state index in [1.807, 2.05) is 0 Å². The van der Waals surface area contributed by atoms with E-state index < -0.39 is 17.9 Å². The first-order chi connectivity index (χ1) is 7.52. The lowest BCUT2D eigenvalue weighted by Gasteiger charge is -2.07. The molecule has 0 saturated heterocycles. The molecule has 7 nitrogen and oxygen atoms in total.